The lowest BCUT2D eigenvalue weighted by molar-refractivity contribution is 0.621. The highest BCUT2D eigenvalue weighted by atomic mass is 79.9. The minimum Gasteiger partial charge on any atom is -0.324 e. The monoisotopic (exact) mass is 346 g/mol. The van der Waals surface area contributed by atoms with E-state index in [0.29, 0.717) is 21.7 Å². The van der Waals surface area contributed by atoms with Gasteiger partial charge in [-0.2, -0.15) is 0 Å². The Morgan fingerprint density at radius 2 is 1.81 bits per heavy atom. The van der Waals surface area contributed by atoms with Gasteiger partial charge < -0.3 is 5.73 Å². The molecule has 0 radical (unpaired) electrons. The second kappa shape index (κ2) is 5.75. The molecule has 4 nitrogen and oxygen atoms in total. The van der Waals surface area contributed by atoms with E-state index in [2.05, 4.69) is 26.1 Å². The molecule has 0 aliphatic heterocycles. The van der Waals surface area contributed by atoms with Gasteiger partial charge >= 0.3 is 0 Å². The van der Waals surface area contributed by atoms with Gasteiger partial charge in [0, 0.05) is 11.3 Å². The van der Waals surface area contributed by atoms with Crippen molar-refractivity contribution in [3.63, 3.8) is 0 Å². The van der Waals surface area contributed by atoms with Crippen LogP contribution in [-0.2, 0) is 6.54 Å². The molecule has 21 heavy (non-hydrogen) atoms. The first-order chi connectivity index (χ1) is 10.2. The van der Waals surface area contributed by atoms with E-state index in [4.69, 9.17) is 5.73 Å². The van der Waals surface area contributed by atoms with E-state index in [1.54, 1.807) is 12.1 Å². The van der Waals surface area contributed by atoms with Crippen molar-refractivity contribution in [2.45, 2.75) is 6.54 Å². The van der Waals surface area contributed by atoms with Gasteiger partial charge in [0.25, 0.3) is 0 Å². The molecule has 0 saturated carbocycles. The summed E-state index contributed by atoms with van der Waals surface area (Å²) >= 11 is 3.27. The smallest absolute Gasteiger partial charge is 0.169 e. The van der Waals surface area contributed by atoms with Crippen LogP contribution in [0.4, 0.5) is 4.39 Å². The molecule has 106 valence electrons. The number of nitrogens with two attached hydrogens (primary N) is 1. The number of aromatic nitrogens is 3. The number of nitrogens with zero attached hydrogens (tertiary/aromatic N) is 3. The highest BCUT2D eigenvalue weighted by molar-refractivity contribution is 9.10. The van der Waals surface area contributed by atoms with Gasteiger partial charge in [0.05, 0.1) is 11.0 Å². The molecule has 1 heterocycles. The molecule has 2 aromatic carbocycles. The highest BCUT2D eigenvalue weighted by Gasteiger charge is 2.17. The Balaban J connectivity index is 2.25. The van der Waals surface area contributed by atoms with Gasteiger partial charge in [0.2, 0.25) is 0 Å². The third-order valence-electron chi connectivity index (χ3n) is 3.12. The Morgan fingerprint density at radius 3 is 2.52 bits per heavy atom. The molecule has 1 aromatic heterocycles. The van der Waals surface area contributed by atoms with Crippen LogP contribution in [0, 0.1) is 5.82 Å². The maximum atomic E-state index is 13.8. The van der Waals surface area contributed by atoms with Crippen molar-refractivity contribution in [2.75, 3.05) is 0 Å². The normalized spacial score (nSPS) is 10.8. The molecule has 0 aliphatic carbocycles. The zero-order valence-electron chi connectivity index (χ0n) is 11.0. The van der Waals surface area contributed by atoms with E-state index < -0.39 is 0 Å². The lowest BCUT2D eigenvalue weighted by atomic mass is 10.2. The fourth-order valence-electron chi connectivity index (χ4n) is 2.15. The van der Waals surface area contributed by atoms with Gasteiger partial charge in [-0.1, -0.05) is 24.3 Å². The second-order valence-electron chi connectivity index (χ2n) is 4.42. The summed E-state index contributed by atoms with van der Waals surface area (Å²) in [4.78, 5) is 0. The average molecular weight is 347 g/mol. The molecule has 6 heteroatoms. The van der Waals surface area contributed by atoms with E-state index in [-0.39, 0.29) is 12.4 Å². The zero-order chi connectivity index (χ0) is 14.8. The predicted molar refractivity (Wildman–Crippen MR) is 82.3 cm³/mol. The standard InChI is InChI=1S/C15H12BrFN4/c16-14-11(7-4-8-12(14)17)15-20-19-13(9-18)21(15)10-5-2-1-3-6-10/h1-8H,9,18H2. The fraction of sp³-hybridized carbons (Fsp3) is 0.0667. The predicted octanol–water partition coefficient (Wildman–Crippen LogP) is 3.29. The Morgan fingerprint density at radius 1 is 1.05 bits per heavy atom. The lowest BCUT2D eigenvalue weighted by Crippen LogP contribution is -2.08. The highest BCUT2D eigenvalue weighted by Crippen LogP contribution is 2.31. The molecule has 0 spiro atoms. The van der Waals surface area contributed by atoms with Crippen molar-refractivity contribution >= 4 is 15.9 Å². The number of rotatable bonds is 3. The Bertz CT molecular complexity index is 771. The summed E-state index contributed by atoms with van der Waals surface area (Å²) in [6.07, 6.45) is 0. The molecule has 2 N–H and O–H groups in total. The van der Waals surface area contributed by atoms with Crippen LogP contribution in [0.1, 0.15) is 5.82 Å². The minimum absolute atomic E-state index is 0.245. The van der Waals surface area contributed by atoms with Crippen LogP contribution in [-0.4, -0.2) is 14.8 Å². The summed E-state index contributed by atoms with van der Waals surface area (Å²) in [5, 5.41) is 8.27. The third kappa shape index (κ3) is 2.48. The lowest BCUT2D eigenvalue weighted by Gasteiger charge is -2.10. The van der Waals surface area contributed by atoms with Gasteiger partial charge in [-0.15, -0.1) is 10.2 Å². The third-order valence-corrected chi connectivity index (χ3v) is 3.93. The fourth-order valence-corrected chi connectivity index (χ4v) is 2.59. The summed E-state index contributed by atoms with van der Waals surface area (Å²) in [5.74, 6) is 0.824. The summed E-state index contributed by atoms with van der Waals surface area (Å²) < 4.78 is 16.0. The Kier molecular flexibility index (Phi) is 3.81. The van der Waals surface area contributed by atoms with Crippen LogP contribution in [0.25, 0.3) is 17.1 Å². The van der Waals surface area contributed by atoms with Gasteiger partial charge in [0.1, 0.15) is 5.82 Å². The maximum absolute atomic E-state index is 13.8. The number of para-hydroxylation sites is 1. The van der Waals surface area contributed by atoms with Gasteiger partial charge in [-0.05, 0) is 40.2 Å². The molecule has 0 unspecified atom stereocenters. The van der Waals surface area contributed by atoms with Crippen LogP contribution >= 0.6 is 15.9 Å². The van der Waals surface area contributed by atoms with Crippen molar-refractivity contribution in [3.8, 4) is 17.1 Å². The Labute approximate surface area is 129 Å². The van der Waals surface area contributed by atoms with E-state index in [9.17, 15) is 4.39 Å². The van der Waals surface area contributed by atoms with Crippen LogP contribution < -0.4 is 5.73 Å². The van der Waals surface area contributed by atoms with Crippen molar-refractivity contribution in [1.29, 1.82) is 0 Å². The molecule has 0 fully saturated rings. The van der Waals surface area contributed by atoms with Crippen LogP contribution in [0.3, 0.4) is 0 Å². The van der Waals surface area contributed by atoms with E-state index in [1.807, 2.05) is 34.9 Å². The summed E-state index contributed by atoms with van der Waals surface area (Å²) in [7, 11) is 0. The molecule has 3 aromatic rings. The summed E-state index contributed by atoms with van der Waals surface area (Å²) in [6.45, 7) is 0.245. The first-order valence-corrected chi connectivity index (χ1v) is 7.16. The van der Waals surface area contributed by atoms with Crippen molar-refractivity contribution in [1.82, 2.24) is 14.8 Å². The molecule has 0 atom stereocenters. The topological polar surface area (TPSA) is 56.7 Å². The van der Waals surface area contributed by atoms with Gasteiger partial charge in [-0.3, -0.25) is 4.57 Å². The Hall–Kier alpha value is -2.05. The van der Waals surface area contributed by atoms with E-state index in [0.717, 1.165) is 5.69 Å². The largest absolute Gasteiger partial charge is 0.324 e. The van der Waals surface area contributed by atoms with Gasteiger partial charge in [-0.25, -0.2) is 4.39 Å². The molecule has 0 saturated heterocycles. The van der Waals surface area contributed by atoms with Crippen molar-refractivity contribution in [2.24, 2.45) is 5.73 Å². The average Bonchev–Trinajstić information content (AvgIpc) is 2.94. The van der Waals surface area contributed by atoms with Crippen molar-refractivity contribution in [3.05, 3.63) is 64.6 Å². The molecular weight excluding hydrogens is 335 g/mol. The summed E-state index contributed by atoms with van der Waals surface area (Å²) in [6, 6.07) is 14.4. The van der Waals surface area contributed by atoms with Crippen molar-refractivity contribution < 1.29 is 4.39 Å². The van der Waals surface area contributed by atoms with E-state index in [1.165, 1.54) is 6.07 Å². The number of benzene rings is 2. The second-order valence-corrected chi connectivity index (χ2v) is 5.21. The zero-order valence-corrected chi connectivity index (χ0v) is 12.6. The maximum Gasteiger partial charge on any atom is 0.169 e. The van der Waals surface area contributed by atoms with E-state index >= 15 is 0 Å². The first-order valence-electron chi connectivity index (χ1n) is 6.36. The molecule has 3 rings (SSSR count). The number of hydrogen-bond acceptors (Lipinski definition) is 3. The summed E-state index contributed by atoms with van der Waals surface area (Å²) in [5.41, 5.74) is 7.25. The molecular formula is C15H12BrFN4. The van der Waals surface area contributed by atoms with Crippen LogP contribution in [0.2, 0.25) is 0 Å². The molecule has 0 amide bonds. The number of hydrogen-bond donors (Lipinski definition) is 1. The number of halogens is 2. The molecule has 0 aliphatic rings. The van der Waals surface area contributed by atoms with Crippen LogP contribution in [0.15, 0.2) is 53.0 Å². The van der Waals surface area contributed by atoms with Crippen LogP contribution in [0.5, 0.6) is 0 Å². The molecule has 0 bridgehead atoms. The SMILES string of the molecule is NCc1nnc(-c2cccc(F)c2Br)n1-c1ccccc1. The van der Waals surface area contributed by atoms with Gasteiger partial charge in [0.15, 0.2) is 11.6 Å². The quantitative estimate of drug-likeness (QED) is 0.791. The minimum atomic E-state index is -0.343. The first kappa shape index (κ1) is 13.9.